The smallest absolute Gasteiger partial charge is 0.251 e. The molecule has 154 valence electrons. The van der Waals surface area contributed by atoms with Gasteiger partial charge in [0.15, 0.2) is 0 Å². The zero-order valence-corrected chi connectivity index (χ0v) is 17.2. The summed E-state index contributed by atoms with van der Waals surface area (Å²) in [7, 11) is 0. The van der Waals surface area contributed by atoms with Gasteiger partial charge in [-0.2, -0.15) is 0 Å². The molecule has 0 aliphatic carbocycles. The van der Waals surface area contributed by atoms with Crippen molar-refractivity contribution < 1.29 is 18.4 Å². The number of thioether (sulfide) groups is 1. The minimum atomic E-state index is -0.308. The summed E-state index contributed by atoms with van der Waals surface area (Å²) >= 11 is 1.56. The predicted molar refractivity (Wildman–Crippen MR) is 113 cm³/mol. The van der Waals surface area contributed by atoms with Crippen molar-refractivity contribution in [2.75, 3.05) is 5.75 Å². The van der Waals surface area contributed by atoms with Gasteiger partial charge < -0.3 is 14.6 Å². The highest BCUT2D eigenvalue weighted by molar-refractivity contribution is 8.00. The molecule has 2 aromatic carbocycles. The topological polar surface area (TPSA) is 62.6 Å². The molecule has 1 fully saturated rings. The maximum absolute atomic E-state index is 13.1. The summed E-state index contributed by atoms with van der Waals surface area (Å²) in [4.78, 5) is 26.7. The second kappa shape index (κ2) is 8.75. The van der Waals surface area contributed by atoms with Gasteiger partial charge in [0.1, 0.15) is 17.0 Å². The molecule has 3 aromatic rings. The van der Waals surface area contributed by atoms with E-state index in [1.165, 1.54) is 12.1 Å². The molecule has 30 heavy (non-hydrogen) atoms. The summed E-state index contributed by atoms with van der Waals surface area (Å²) in [5, 5.41) is 2.81. The third kappa shape index (κ3) is 4.41. The molecule has 1 N–H and O–H groups in total. The molecular formula is C23H21FN2O3S. The van der Waals surface area contributed by atoms with Crippen LogP contribution in [0.1, 0.15) is 45.6 Å². The van der Waals surface area contributed by atoms with Gasteiger partial charge >= 0.3 is 0 Å². The van der Waals surface area contributed by atoms with Crippen molar-refractivity contribution in [3.8, 4) is 0 Å². The first-order chi connectivity index (χ1) is 14.5. The minimum Gasteiger partial charge on any atom is -0.467 e. The maximum Gasteiger partial charge on any atom is 0.251 e. The maximum atomic E-state index is 13.1. The first kappa shape index (κ1) is 20.2. The molecule has 2 atom stereocenters. The predicted octanol–water partition coefficient (Wildman–Crippen LogP) is 4.68. The van der Waals surface area contributed by atoms with Crippen LogP contribution in [0.5, 0.6) is 0 Å². The normalized spacial score (nSPS) is 17.2. The lowest BCUT2D eigenvalue weighted by Crippen LogP contribution is -2.28. The van der Waals surface area contributed by atoms with Crippen LogP contribution >= 0.6 is 11.8 Å². The molecule has 0 radical (unpaired) electrons. The fourth-order valence-corrected chi connectivity index (χ4v) is 4.57. The van der Waals surface area contributed by atoms with Crippen molar-refractivity contribution in [3.63, 3.8) is 0 Å². The number of nitrogens with one attached hydrogen (secondary N) is 1. The highest BCUT2D eigenvalue weighted by Crippen LogP contribution is 2.39. The number of rotatable bonds is 6. The molecule has 1 aromatic heterocycles. The molecular weight excluding hydrogens is 403 g/mol. The van der Waals surface area contributed by atoms with E-state index in [0.29, 0.717) is 17.9 Å². The Morgan fingerprint density at radius 3 is 2.60 bits per heavy atom. The van der Waals surface area contributed by atoms with Crippen molar-refractivity contribution in [3.05, 3.63) is 95.2 Å². The van der Waals surface area contributed by atoms with E-state index in [-0.39, 0.29) is 29.0 Å². The number of nitrogens with zero attached hydrogens (tertiary/aromatic N) is 1. The Hall–Kier alpha value is -3.06. The highest BCUT2D eigenvalue weighted by atomic mass is 32.2. The van der Waals surface area contributed by atoms with Gasteiger partial charge in [-0.05, 0) is 54.4 Å². The number of hydrogen-bond donors (Lipinski definition) is 1. The third-order valence-electron chi connectivity index (χ3n) is 5.05. The van der Waals surface area contributed by atoms with Crippen LogP contribution in [0.2, 0.25) is 0 Å². The number of carbonyl (C=O) groups is 2. The van der Waals surface area contributed by atoms with Gasteiger partial charge in [-0.15, -0.1) is 11.8 Å². The van der Waals surface area contributed by atoms with Gasteiger partial charge in [0.05, 0.1) is 24.6 Å². The van der Waals surface area contributed by atoms with E-state index in [9.17, 15) is 14.0 Å². The first-order valence-corrected chi connectivity index (χ1v) is 10.7. The molecule has 0 spiro atoms. The second-order valence-electron chi connectivity index (χ2n) is 7.13. The third-order valence-corrected chi connectivity index (χ3v) is 6.31. The molecule has 1 aliphatic heterocycles. The molecule has 0 bridgehead atoms. The molecule has 2 amide bonds. The van der Waals surface area contributed by atoms with Crippen molar-refractivity contribution >= 4 is 23.6 Å². The minimum absolute atomic E-state index is 0.0661. The van der Waals surface area contributed by atoms with E-state index in [0.717, 1.165) is 16.9 Å². The van der Waals surface area contributed by atoms with Crippen molar-refractivity contribution in [1.29, 1.82) is 0 Å². The van der Waals surface area contributed by atoms with Crippen LogP contribution in [0, 0.1) is 5.82 Å². The molecule has 4 rings (SSSR count). The van der Waals surface area contributed by atoms with Crippen LogP contribution in [0.4, 0.5) is 4.39 Å². The summed E-state index contributed by atoms with van der Waals surface area (Å²) in [5.41, 5.74) is 2.32. The van der Waals surface area contributed by atoms with Gasteiger partial charge in [-0.3, -0.25) is 9.59 Å². The SMILES string of the molecule is C[C@H](NC(=O)c1ccc([C@H]2SCC(=O)N2Cc2ccco2)cc1)c1ccc(F)cc1. The lowest BCUT2D eigenvalue weighted by atomic mass is 10.1. The van der Waals surface area contributed by atoms with Gasteiger partial charge in [-0.25, -0.2) is 4.39 Å². The van der Waals surface area contributed by atoms with Gasteiger partial charge in [0.25, 0.3) is 5.91 Å². The van der Waals surface area contributed by atoms with E-state index < -0.39 is 0 Å². The lowest BCUT2D eigenvalue weighted by molar-refractivity contribution is -0.128. The Morgan fingerprint density at radius 2 is 1.93 bits per heavy atom. The van der Waals surface area contributed by atoms with E-state index in [1.807, 2.05) is 25.1 Å². The van der Waals surface area contributed by atoms with Gasteiger partial charge in [0.2, 0.25) is 5.91 Å². The van der Waals surface area contributed by atoms with Gasteiger partial charge in [0, 0.05) is 5.56 Å². The Bertz CT molecular complexity index is 1020. The molecule has 1 aliphatic rings. The van der Waals surface area contributed by atoms with Crippen molar-refractivity contribution in [1.82, 2.24) is 10.2 Å². The molecule has 7 heteroatoms. The number of benzene rings is 2. The largest absolute Gasteiger partial charge is 0.467 e. The Balaban J connectivity index is 1.43. The number of amides is 2. The second-order valence-corrected chi connectivity index (χ2v) is 8.20. The van der Waals surface area contributed by atoms with Crippen LogP contribution in [-0.2, 0) is 11.3 Å². The number of halogens is 1. The average molecular weight is 424 g/mol. The summed E-state index contributed by atoms with van der Waals surface area (Å²) in [6, 6.07) is 16.8. The zero-order valence-electron chi connectivity index (χ0n) is 16.4. The van der Waals surface area contributed by atoms with Crippen LogP contribution in [0.25, 0.3) is 0 Å². The van der Waals surface area contributed by atoms with Crippen LogP contribution < -0.4 is 5.32 Å². The quantitative estimate of drug-likeness (QED) is 0.624. The molecule has 0 saturated carbocycles. The highest BCUT2D eigenvalue weighted by Gasteiger charge is 2.33. The molecule has 2 heterocycles. The number of furan rings is 1. The summed E-state index contributed by atoms with van der Waals surface area (Å²) in [5.74, 6) is 0.708. The van der Waals surface area contributed by atoms with Crippen LogP contribution in [-0.4, -0.2) is 22.5 Å². The van der Waals surface area contributed by atoms with Gasteiger partial charge in [-0.1, -0.05) is 24.3 Å². The van der Waals surface area contributed by atoms with Crippen LogP contribution in [0.3, 0.4) is 0 Å². The Kier molecular flexibility index (Phi) is 5.90. The first-order valence-electron chi connectivity index (χ1n) is 9.61. The van der Waals surface area contributed by atoms with Crippen molar-refractivity contribution in [2.45, 2.75) is 24.9 Å². The number of hydrogen-bond acceptors (Lipinski definition) is 4. The molecule has 5 nitrogen and oxygen atoms in total. The average Bonchev–Trinajstić information content (AvgIpc) is 3.39. The monoisotopic (exact) mass is 424 g/mol. The standard InChI is InChI=1S/C23H21FN2O3S/c1-15(16-8-10-19(24)11-9-16)25-22(28)17-4-6-18(7-5-17)23-26(21(27)14-30-23)13-20-3-2-12-29-20/h2-12,15,23H,13-14H2,1H3,(H,25,28)/t15-,23+/m0/s1. The lowest BCUT2D eigenvalue weighted by Gasteiger charge is -2.23. The van der Waals surface area contributed by atoms with Crippen LogP contribution in [0.15, 0.2) is 71.3 Å². The van der Waals surface area contributed by atoms with E-state index in [4.69, 9.17) is 4.42 Å². The summed E-state index contributed by atoms with van der Waals surface area (Å²) in [6.07, 6.45) is 1.60. The van der Waals surface area contributed by atoms with E-state index >= 15 is 0 Å². The van der Waals surface area contributed by atoms with E-state index in [1.54, 1.807) is 53.3 Å². The zero-order chi connectivity index (χ0) is 21.1. The Morgan fingerprint density at radius 1 is 1.20 bits per heavy atom. The Labute approximate surface area is 178 Å². The molecule has 0 unspecified atom stereocenters. The molecule has 1 saturated heterocycles. The van der Waals surface area contributed by atoms with Crippen molar-refractivity contribution in [2.24, 2.45) is 0 Å². The summed E-state index contributed by atoms with van der Waals surface area (Å²) in [6.45, 7) is 2.27. The summed E-state index contributed by atoms with van der Waals surface area (Å²) < 4.78 is 18.5. The number of carbonyl (C=O) groups excluding carboxylic acids is 2. The van der Waals surface area contributed by atoms with E-state index in [2.05, 4.69) is 5.32 Å². The fourth-order valence-electron chi connectivity index (χ4n) is 3.39. The fraction of sp³-hybridized carbons (Fsp3) is 0.217.